The molecule has 2 rings (SSSR count). The number of methoxy groups -OCH3 is 1. The van der Waals surface area contributed by atoms with Crippen LogP contribution in [0.2, 0.25) is 0 Å². The number of nitrogens with zero attached hydrogens (tertiary/aromatic N) is 2. The number of rotatable bonds is 2. The zero-order chi connectivity index (χ0) is 15.7. The second kappa shape index (κ2) is 5.48. The van der Waals surface area contributed by atoms with Gasteiger partial charge in [-0.1, -0.05) is 51.1 Å². The molecule has 1 N–H and O–H groups in total. The van der Waals surface area contributed by atoms with E-state index in [2.05, 4.69) is 14.1 Å². The Balaban J connectivity index is 2.46. The molecule has 21 heavy (non-hydrogen) atoms. The van der Waals surface area contributed by atoms with E-state index in [1.807, 2.05) is 51.1 Å². The molecule has 114 valence electrons. The van der Waals surface area contributed by atoms with E-state index < -0.39 is 10.2 Å². The van der Waals surface area contributed by atoms with Crippen LogP contribution in [-0.2, 0) is 14.9 Å². The van der Waals surface area contributed by atoms with Crippen LogP contribution in [0.1, 0.15) is 32.4 Å². The molecule has 1 aromatic rings. The first-order valence-electron chi connectivity index (χ1n) is 6.53. The summed E-state index contributed by atoms with van der Waals surface area (Å²) in [6.45, 7) is 6.13. The van der Waals surface area contributed by atoms with Crippen molar-refractivity contribution in [1.29, 1.82) is 0 Å². The van der Waals surface area contributed by atoms with Gasteiger partial charge in [-0.05, 0) is 11.0 Å². The smallest absolute Gasteiger partial charge is 0.347 e. The van der Waals surface area contributed by atoms with Crippen molar-refractivity contribution >= 4 is 21.9 Å². The highest BCUT2D eigenvalue weighted by molar-refractivity contribution is 7.89. The normalized spacial score (nSPS) is 20.8. The molecule has 0 saturated carbocycles. The highest BCUT2D eigenvalue weighted by Crippen LogP contribution is 2.36. The molecule has 0 fully saturated rings. The summed E-state index contributed by atoms with van der Waals surface area (Å²) >= 11 is 0. The van der Waals surface area contributed by atoms with Crippen molar-refractivity contribution in [1.82, 2.24) is 4.72 Å². The number of nitrogens with one attached hydrogen (secondary N) is 1. The SMILES string of the molecule is COC1=NS(=O)(=O)NC1=NC(c1ccccc1)C(C)(C)C. The number of amidine groups is 1. The molecule has 0 spiro atoms. The summed E-state index contributed by atoms with van der Waals surface area (Å²) in [6.07, 6.45) is 0. The first-order chi connectivity index (χ1) is 9.73. The molecule has 0 bridgehead atoms. The standard InChI is InChI=1S/C14H19N3O3S/c1-14(2,3)11(10-8-6-5-7-9-10)15-12-13(20-4)17-21(18,19)16-12/h5-9,11H,1-4H3,(H,15,16). The number of hydrogen-bond acceptors (Lipinski definition) is 4. The van der Waals surface area contributed by atoms with E-state index in [9.17, 15) is 8.42 Å². The lowest BCUT2D eigenvalue weighted by Gasteiger charge is -2.28. The van der Waals surface area contributed by atoms with Crippen LogP contribution in [0.4, 0.5) is 0 Å². The van der Waals surface area contributed by atoms with Crippen LogP contribution >= 0.6 is 0 Å². The van der Waals surface area contributed by atoms with Gasteiger partial charge in [-0.25, -0.2) is 4.72 Å². The molecule has 1 aliphatic rings. The van der Waals surface area contributed by atoms with Crippen LogP contribution in [0.25, 0.3) is 0 Å². The Labute approximate surface area is 125 Å². The fraction of sp³-hybridized carbons (Fsp3) is 0.429. The van der Waals surface area contributed by atoms with Gasteiger partial charge in [-0.2, -0.15) is 8.42 Å². The predicted molar refractivity (Wildman–Crippen MR) is 82.6 cm³/mol. The summed E-state index contributed by atoms with van der Waals surface area (Å²) in [5, 5.41) is 0. The fourth-order valence-corrected chi connectivity index (χ4v) is 2.90. The van der Waals surface area contributed by atoms with E-state index in [1.165, 1.54) is 7.11 Å². The minimum atomic E-state index is -3.75. The molecule has 0 aromatic heterocycles. The van der Waals surface area contributed by atoms with Gasteiger partial charge >= 0.3 is 10.2 Å². The van der Waals surface area contributed by atoms with Crippen LogP contribution in [0, 0.1) is 5.41 Å². The fourth-order valence-electron chi connectivity index (χ4n) is 2.09. The maximum absolute atomic E-state index is 11.5. The lowest BCUT2D eigenvalue weighted by atomic mass is 9.83. The molecule has 7 heteroatoms. The first-order valence-corrected chi connectivity index (χ1v) is 7.97. The van der Waals surface area contributed by atoms with E-state index in [1.54, 1.807) is 0 Å². The number of ether oxygens (including phenoxy) is 1. The molecule has 1 heterocycles. The second-order valence-corrected chi connectivity index (χ2v) is 7.17. The Bertz CT molecular complexity index is 673. The lowest BCUT2D eigenvalue weighted by molar-refractivity contribution is 0.328. The quantitative estimate of drug-likeness (QED) is 0.908. The first kappa shape index (κ1) is 15.5. The molecule has 0 radical (unpaired) electrons. The summed E-state index contributed by atoms with van der Waals surface area (Å²) in [4.78, 5) is 4.54. The van der Waals surface area contributed by atoms with Crippen molar-refractivity contribution in [3.8, 4) is 0 Å². The summed E-state index contributed by atoms with van der Waals surface area (Å²) in [5.41, 5.74) is 0.806. The largest absolute Gasteiger partial charge is 0.478 e. The molecule has 6 nitrogen and oxygen atoms in total. The molecule has 0 amide bonds. The molecule has 1 atom stereocenters. The predicted octanol–water partition coefficient (Wildman–Crippen LogP) is 2.07. The average Bonchev–Trinajstić information content (AvgIpc) is 2.70. The Morgan fingerprint density at radius 3 is 2.38 bits per heavy atom. The number of aliphatic imine (C=N–C) groups is 1. The van der Waals surface area contributed by atoms with E-state index in [4.69, 9.17) is 4.74 Å². The average molecular weight is 309 g/mol. The summed E-state index contributed by atoms with van der Waals surface area (Å²) in [6, 6.07) is 9.49. The molecule has 0 aliphatic carbocycles. The van der Waals surface area contributed by atoms with Crippen molar-refractivity contribution in [3.05, 3.63) is 35.9 Å². The van der Waals surface area contributed by atoms with Crippen LogP contribution in [-0.4, -0.2) is 27.3 Å². The van der Waals surface area contributed by atoms with Gasteiger partial charge in [0.1, 0.15) is 0 Å². The molecule has 1 unspecified atom stereocenters. The minimum absolute atomic E-state index is 0.0137. The summed E-state index contributed by atoms with van der Waals surface area (Å²) in [5.74, 6) is 0.126. The van der Waals surface area contributed by atoms with Gasteiger partial charge in [-0.15, -0.1) is 4.40 Å². The van der Waals surface area contributed by atoms with E-state index in [0.717, 1.165) is 5.56 Å². The Morgan fingerprint density at radius 1 is 1.24 bits per heavy atom. The Kier molecular flexibility index (Phi) is 4.04. The Morgan fingerprint density at radius 2 is 1.86 bits per heavy atom. The van der Waals surface area contributed by atoms with Gasteiger partial charge in [0.2, 0.25) is 5.84 Å². The highest BCUT2D eigenvalue weighted by Gasteiger charge is 2.32. The van der Waals surface area contributed by atoms with Crippen LogP contribution in [0.5, 0.6) is 0 Å². The van der Waals surface area contributed by atoms with Crippen molar-refractivity contribution < 1.29 is 13.2 Å². The zero-order valence-electron chi connectivity index (χ0n) is 12.5. The molecule has 0 saturated heterocycles. The molecule has 1 aromatic carbocycles. The van der Waals surface area contributed by atoms with E-state index >= 15 is 0 Å². The van der Waals surface area contributed by atoms with Crippen LogP contribution < -0.4 is 4.72 Å². The Hall–Kier alpha value is -1.89. The van der Waals surface area contributed by atoms with Gasteiger partial charge in [0.15, 0.2) is 0 Å². The van der Waals surface area contributed by atoms with Gasteiger partial charge < -0.3 is 4.74 Å². The van der Waals surface area contributed by atoms with Gasteiger partial charge in [0.25, 0.3) is 5.90 Å². The van der Waals surface area contributed by atoms with Crippen molar-refractivity contribution in [2.24, 2.45) is 14.8 Å². The number of benzene rings is 1. The second-order valence-electron chi connectivity index (χ2n) is 5.83. The molecule has 1 aliphatic heterocycles. The third-order valence-electron chi connectivity index (χ3n) is 3.02. The lowest BCUT2D eigenvalue weighted by Crippen LogP contribution is -2.30. The molecular formula is C14H19N3O3S. The van der Waals surface area contributed by atoms with E-state index in [0.29, 0.717) is 0 Å². The van der Waals surface area contributed by atoms with Gasteiger partial charge in [0.05, 0.1) is 13.2 Å². The summed E-state index contributed by atoms with van der Waals surface area (Å²) in [7, 11) is -2.38. The van der Waals surface area contributed by atoms with Gasteiger partial charge in [-0.3, -0.25) is 4.99 Å². The maximum atomic E-state index is 11.5. The third kappa shape index (κ3) is 3.60. The zero-order valence-corrected chi connectivity index (χ0v) is 13.3. The monoisotopic (exact) mass is 309 g/mol. The topological polar surface area (TPSA) is 80.1 Å². The van der Waals surface area contributed by atoms with Crippen molar-refractivity contribution in [3.63, 3.8) is 0 Å². The van der Waals surface area contributed by atoms with E-state index in [-0.39, 0.29) is 23.2 Å². The maximum Gasteiger partial charge on any atom is 0.347 e. The van der Waals surface area contributed by atoms with Crippen molar-refractivity contribution in [2.45, 2.75) is 26.8 Å². The summed E-state index contributed by atoms with van der Waals surface area (Å²) < 4.78 is 33.8. The highest BCUT2D eigenvalue weighted by atomic mass is 32.2. The minimum Gasteiger partial charge on any atom is -0.478 e. The van der Waals surface area contributed by atoms with Crippen LogP contribution in [0.15, 0.2) is 39.7 Å². The van der Waals surface area contributed by atoms with Gasteiger partial charge in [0, 0.05) is 0 Å². The molecular weight excluding hydrogens is 290 g/mol. The third-order valence-corrected chi connectivity index (χ3v) is 3.88. The number of hydrogen-bond donors (Lipinski definition) is 1. The van der Waals surface area contributed by atoms with Crippen LogP contribution in [0.3, 0.4) is 0 Å². The van der Waals surface area contributed by atoms with Crippen molar-refractivity contribution in [2.75, 3.05) is 7.11 Å².